The lowest BCUT2D eigenvalue weighted by molar-refractivity contribution is -0.0316. The van der Waals surface area contributed by atoms with Crippen molar-refractivity contribution in [2.45, 2.75) is 25.6 Å². The molecule has 2 bridgehead atoms. The normalized spacial score (nSPS) is 26.5. The Morgan fingerprint density at radius 2 is 2.19 bits per heavy atom. The fourth-order valence-corrected chi connectivity index (χ4v) is 3.28. The number of carbonyl (C=O) groups is 1. The molecule has 3 atom stereocenters. The van der Waals surface area contributed by atoms with Crippen LogP contribution in [0.25, 0.3) is 0 Å². The standard InChI is InChI=1S/C8H10N4O5S.C5H9NO2/c1-10-6-3-11-4-7(5(6)2-9-10)12(8(11)13)17-18(14,15)16;1-4-2-6-8-5(4)3-7/h2,7H,3-4H2,1H3,(H,14,15,16);2,4-5,7H,3H2,1H3. The molecular weight excluding hydrogens is 370 g/mol. The van der Waals surface area contributed by atoms with E-state index in [4.69, 9.17) is 14.5 Å². The molecule has 26 heavy (non-hydrogen) atoms. The number of fused-ring (bicyclic) bond motifs is 4. The Labute approximate surface area is 149 Å². The van der Waals surface area contributed by atoms with Gasteiger partial charge >= 0.3 is 16.4 Å². The molecule has 4 rings (SSSR count). The molecule has 0 radical (unpaired) electrons. The van der Waals surface area contributed by atoms with E-state index in [1.807, 2.05) is 6.92 Å². The number of amides is 2. The molecule has 0 saturated carbocycles. The summed E-state index contributed by atoms with van der Waals surface area (Å²) in [6.07, 6.45) is 3.16. The molecule has 0 aromatic carbocycles. The number of hydrogen-bond acceptors (Lipinski definition) is 8. The molecule has 2 amide bonds. The first-order valence-electron chi connectivity index (χ1n) is 7.77. The number of aryl methyl sites for hydroxylation is 1. The van der Waals surface area contributed by atoms with Gasteiger partial charge in [-0.25, -0.2) is 4.79 Å². The Hall–Kier alpha value is -2.22. The largest absolute Gasteiger partial charge is 0.418 e. The quantitative estimate of drug-likeness (QED) is 0.654. The first-order valence-corrected chi connectivity index (χ1v) is 9.14. The lowest BCUT2D eigenvalue weighted by Crippen LogP contribution is -2.32. The molecule has 0 aliphatic carbocycles. The topological polar surface area (TPSA) is 147 Å². The summed E-state index contributed by atoms with van der Waals surface area (Å²) in [6.45, 7) is 2.66. The number of aliphatic hydroxyl groups excluding tert-OH is 1. The van der Waals surface area contributed by atoms with Crippen LogP contribution < -0.4 is 0 Å². The molecule has 13 heteroatoms. The maximum atomic E-state index is 11.9. The SMILES string of the molecule is CC1C=NOC1CO.Cn1ncc2c1CN1CC2N(OS(=O)(=O)O)C1=O. The van der Waals surface area contributed by atoms with Crippen LogP contribution in [0.15, 0.2) is 11.4 Å². The minimum atomic E-state index is -4.72. The molecule has 2 N–H and O–H groups in total. The van der Waals surface area contributed by atoms with Gasteiger partial charge in [-0.3, -0.25) is 9.23 Å². The fraction of sp³-hybridized carbons (Fsp3) is 0.615. The van der Waals surface area contributed by atoms with Gasteiger partial charge in [0.25, 0.3) is 0 Å². The highest BCUT2D eigenvalue weighted by Crippen LogP contribution is 2.37. The van der Waals surface area contributed by atoms with E-state index in [1.54, 1.807) is 24.1 Å². The maximum Gasteiger partial charge on any atom is 0.418 e. The van der Waals surface area contributed by atoms with Crippen LogP contribution in [-0.2, 0) is 33.1 Å². The van der Waals surface area contributed by atoms with Gasteiger partial charge in [0.1, 0.15) is 6.04 Å². The maximum absolute atomic E-state index is 11.9. The summed E-state index contributed by atoms with van der Waals surface area (Å²) >= 11 is 0. The van der Waals surface area contributed by atoms with E-state index < -0.39 is 22.5 Å². The lowest BCUT2D eigenvalue weighted by atomic mass is 10.1. The highest BCUT2D eigenvalue weighted by atomic mass is 32.3. The Bertz CT molecular complexity index is 823. The van der Waals surface area contributed by atoms with Crippen molar-refractivity contribution in [1.29, 1.82) is 0 Å². The molecule has 1 saturated heterocycles. The first kappa shape index (κ1) is 18.6. The number of aliphatic hydroxyl groups is 1. The van der Waals surface area contributed by atoms with Crippen LogP contribution in [-0.4, -0.2) is 69.3 Å². The zero-order valence-electron chi connectivity index (χ0n) is 14.1. The number of aromatic nitrogens is 2. The molecule has 144 valence electrons. The Morgan fingerprint density at radius 1 is 1.46 bits per heavy atom. The smallest absolute Gasteiger partial charge is 0.392 e. The van der Waals surface area contributed by atoms with E-state index in [1.165, 1.54) is 4.90 Å². The van der Waals surface area contributed by atoms with Gasteiger partial charge in [0.15, 0.2) is 6.10 Å². The van der Waals surface area contributed by atoms with Crippen molar-refractivity contribution in [3.05, 3.63) is 17.5 Å². The Kier molecular flexibility index (Phi) is 4.88. The highest BCUT2D eigenvalue weighted by molar-refractivity contribution is 7.80. The van der Waals surface area contributed by atoms with Crippen molar-refractivity contribution >= 4 is 22.6 Å². The van der Waals surface area contributed by atoms with Crippen LogP contribution in [0.4, 0.5) is 4.79 Å². The van der Waals surface area contributed by atoms with Gasteiger partial charge in [0.2, 0.25) is 0 Å². The zero-order valence-corrected chi connectivity index (χ0v) is 14.9. The number of nitrogens with zero attached hydrogens (tertiary/aromatic N) is 5. The van der Waals surface area contributed by atoms with E-state index in [9.17, 15) is 13.2 Å². The predicted octanol–water partition coefficient (Wildman–Crippen LogP) is -0.554. The van der Waals surface area contributed by atoms with Gasteiger partial charge in [0.05, 0.1) is 37.8 Å². The predicted molar refractivity (Wildman–Crippen MR) is 85.8 cm³/mol. The molecule has 12 nitrogen and oxygen atoms in total. The average molecular weight is 389 g/mol. The van der Waals surface area contributed by atoms with Crippen molar-refractivity contribution < 1.29 is 32.0 Å². The second-order valence-corrected chi connectivity index (χ2v) is 7.12. The second-order valence-electron chi connectivity index (χ2n) is 6.12. The van der Waals surface area contributed by atoms with Crippen molar-refractivity contribution in [3.63, 3.8) is 0 Å². The van der Waals surface area contributed by atoms with Crippen LogP contribution in [0.1, 0.15) is 24.2 Å². The molecule has 0 spiro atoms. The molecule has 1 aromatic heterocycles. The fourth-order valence-electron chi connectivity index (χ4n) is 2.91. The van der Waals surface area contributed by atoms with E-state index in [0.717, 1.165) is 11.3 Å². The number of urea groups is 1. The van der Waals surface area contributed by atoms with Crippen molar-refractivity contribution in [1.82, 2.24) is 19.7 Å². The van der Waals surface area contributed by atoms with Gasteiger partial charge in [0, 0.05) is 18.5 Å². The molecule has 1 fully saturated rings. The minimum Gasteiger partial charge on any atom is -0.392 e. The van der Waals surface area contributed by atoms with E-state index in [-0.39, 0.29) is 18.6 Å². The first-order chi connectivity index (χ1) is 12.2. The van der Waals surface area contributed by atoms with Gasteiger partial charge in [-0.15, -0.1) is 4.28 Å². The van der Waals surface area contributed by atoms with Crippen LogP contribution in [0.2, 0.25) is 0 Å². The van der Waals surface area contributed by atoms with E-state index >= 15 is 0 Å². The summed E-state index contributed by atoms with van der Waals surface area (Å²) in [5.74, 6) is 0.264. The molecule has 3 aliphatic rings. The van der Waals surface area contributed by atoms with Crippen molar-refractivity contribution in [2.24, 2.45) is 18.1 Å². The second kappa shape index (κ2) is 6.83. The average Bonchev–Trinajstić information content (AvgIpc) is 3.22. The Balaban J connectivity index is 0.000000206. The van der Waals surface area contributed by atoms with E-state index in [0.29, 0.717) is 18.2 Å². The summed E-state index contributed by atoms with van der Waals surface area (Å²) in [4.78, 5) is 18.0. The van der Waals surface area contributed by atoms with Crippen LogP contribution >= 0.6 is 0 Å². The number of hydroxylamine groups is 2. The van der Waals surface area contributed by atoms with E-state index in [2.05, 4.69) is 14.5 Å². The number of oxime groups is 1. The van der Waals surface area contributed by atoms with Crippen molar-refractivity contribution in [3.8, 4) is 0 Å². The third-order valence-corrected chi connectivity index (χ3v) is 4.71. The molecule has 1 aromatic rings. The van der Waals surface area contributed by atoms with Crippen LogP contribution in [0, 0.1) is 5.92 Å². The zero-order chi connectivity index (χ0) is 19.1. The lowest BCUT2D eigenvalue weighted by Gasteiger charge is -2.21. The summed E-state index contributed by atoms with van der Waals surface area (Å²) in [6, 6.07) is -1.16. The summed E-state index contributed by atoms with van der Waals surface area (Å²) in [5, 5.41) is 16.8. The monoisotopic (exact) mass is 389 g/mol. The summed E-state index contributed by atoms with van der Waals surface area (Å²) < 4.78 is 36.1. The number of rotatable bonds is 3. The molecule has 4 heterocycles. The summed E-state index contributed by atoms with van der Waals surface area (Å²) in [5.41, 5.74) is 1.55. The highest BCUT2D eigenvalue weighted by Gasteiger charge is 2.47. The van der Waals surface area contributed by atoms with Gasteiger partial charge in [-0.1, -0.05) is 12.1 Å². The van der Waals surface area contributed by atoms with Crippen LogP contribution in [0.3, 0.4) is 0 Å². The Morgan fingerprint density at radius 3 is 2.73 bits per heavy atom. The third-order valence-electron chi connectivity index (χ3n) is 4.36. The molecular formula is C13H19N5O7S. The minimum absolute atomic E-state index is 0.0567. The molecule has 3 unspecified atom stereocenters. The molecule has 3 aliphatic heterocycles. The van der Waals surface area contributed by atoms with Crippen molar-refractivity contribution in [2.75, 3.05) is 13.2 Å². The third kappa shape index (κ3) is 3.51. The van der Waals surface area contributed by atoms with Gasteiger partial charge in [-0.2, -0.15) is 18.6 Å². The number of carbonyl (C=O) groups excluding carboxylic acids is 1. The van der Waals surface area contributed by atoms with Gasteiger partial charge in [-0.05, 0) is 0 Å². The number of hydrogen-bond donors (Lipinski definition) is 2. The van der Waals surface area contributed by atoms with Crippen LogP contribution in [0.5, 0.6) is 0 Å². The summed E-state index contributed by atoms with van der Waals surface area (Å²) in [7, 11) is -2.98. The van der Waals surface area contributed by atoms with Gasteiger partial charge < -0.3 is 14.8 Å².